The first-order valence-electron chi connectivity index (χ1n) is 7.85. The van der Waals surface area contributed by atoms with Crippen LogP contribution in [0.2, 0.25) is 0 Å². The fourth-order valence-corrected chi connectivity index (χ4v) is 2.74. The summed E-state index contributed by atoms with van der Waals surface area (Å²) in [5.41, 5.74) is 6.93. The standard InChI is InChI=1S/C17H26N2O2/c1-19(17(20)16-11-10-15(13-18)21-16)12-6-5-9-14-7-3-2-4-8-14/h2-4,7-8,15-16H,5-6,9-13,18H2,1H3. The number of carbonyl (C=O) groups excluding carboxylic acids is 1. The first kappa shape index (κ1) is 16.0. The summed E-state index contributed by atoms with van der Waals surface area (Å²) in [7, 11) is 1.87. The van der Waals surface area contributed by atoms with E-state index >= 15 is 0 Å². The first-order valence-corrected chi connectivity index (χ1v) is 7.85. The predicted octanol–water partition coefficient (Wildman–Crippen LogP) is 1.97. The molecular weight excluding hydrogens is 264 g/mol. The molecule has 1 aliphatic heterocycles. The molecule has 1 aliphatic rings. The van der Waals surface area contributed by atoms with Gasteiger partial charge in [0, 0.05) is 20.1 Å². The van der Waals surface area contributed by atoms with Gasteiger partial charge in [-0.25, -0.2) is 0 Å². The van der Waals surface area contributed by atoms with Gasteiger partial charge in [0.1, 0.15) is 6.10 Å². The molecule has 0 radical (unpaired) electrons. The van der Waals surface area contributed by atoms with Gasteiger partial charge in [-0.3, -0.25) is 4.79 Å². The van der Waals surface area contributed by atoms with Gasteiger partial charge in [-0.15, -0.1) is 0 Å². The predicted molar refractivity (Wildman–Crippen MR) is 84.0 cm³/mol. The van der Waals surface area contributed by atoms with Crippen molar-refractivity contribution in [2.24, 2.45) is 5.73 Å². The van der Waals surface area contributed by atoms with Gasteiger partial charge in [0.25, 0.3) is 5.91 Å². The zero-order chi connectivity index (χ0) is 15.1. The lowest BCUT2D eigenvalue weighted by atomic mass is 10.1. The van der Waals surface area contributed by atoms with E-state index in [0.29, 0.717) is 6.54 Å². The van der Waals surface area contributed by atoms with Crippen LogP contribution in [0.1, 0.15) is 31.2 Å². The lowest BCUT2D eigenvalue weighted by molar-refractivity contribution is -0.141. The van der Waals surface area contributed by atoms with Crippen LogP contribution in [-0.2, 0) is 16.0 Å². The molecule has 2 N–H and O–H groups in total. The van der Waals surface area contributed by atoms with Crippen molar-refractivity contribution in [1.82, 2.24) is 4.90 Å². The molecule has 1 aromatic carbocycles. The highest BCUT2D eigenvalue weighted by molar-refractivity contribution is 5.80. The van der Waals surface area contributed by atoms with Crippen molar-refractivity contribution in [1.29, 1.82) is 0 Å². The van der Waals surface area contributed by atoms with Crippen molar-refractivity contribution < 1.29 is 9.53 Å². The number of unbranched alkanes of at least 4 members (excludes halogenated alkanes) is 1. The van der Waals surface area contributed by atoms with E-state index in [9.17, 15) is 4.79 Å². The fourth-order valence-electron chi connectivity index (χ4n) is 2.74. The Labute approximate surface area is 127 Å². The zero-order valence-corrected chi connectivity index (χ0v) is 12.8. The summed E-state index contributed by atoms with van der Waals surface area (Å²) in [5, 5.41) is 0. The van der Waals surface area contributed by atoms with Gasteiger partial charge >= 0.3 is 0 Å². The van der Waals surface area contributed by atoms with E-state index in [2.05, 4.69) is 24.3 Å². The van der Waals surface area contributed by atoms with Crippen LogP contribution < -0.4 is 5.73 Å². The quantitative estimate of drug-likeness (QED) is 0.781. The number of hydrogen-bond acceptors (Lipinski definition) is 3. The number of carbonyl (C=O) groups is 1. The highest BCUT2D eigenvalue weighted by Gasteiger charge is 2.31. The lowest BCUT2D eigenvalue weighted by Crippen LogP contribution is -2.37. The Morgan fingerprint density at radius 2 is 2.05 bits per heavy atom. The number of hydrogen-bond donors (Lipinski definition) is 1. The van der Waals surface area contributed by atoms with Gasteiger partial charge in [0.2, 0.25) is 0 Å². The number of ether oxygens (including phenoxy) is 1. The first-order chi connectivity index (χ1) is 10.2. The molecule has 0 spiro atoms. The van der Waals surface area contributed by atoms with Crippen LogP contribution in [0.4, 0.5) is 0 Å². The minimum atomic E-state index is -0.280. The molecule has 1 fully saturated rings. The molecule has 0 aromatic heterocycles. The van der Waals surface area contributed by atoms with Gasteiger partial charge in [-0.05, 0) is 37.7 Å². The number of nitrogens with zero attached hydrogens (tertiary/aromatic N) is 1. The Balaban J connectivity index is 1.65. The van der Waals surface area contributed by atoms with E-state index in [1.807, 2.05) is 13.1 Å². The highest BCUT2D eigenvalue weighted by atomic mass is 16.5. The fraction of sp³-hybridized carbons (Fsp3) is 0.588. The smallest absolute Gasteiger partial charge is 0.251 e. The number of rotatable bonds is 7. The number of aryl methyl sites for hydroxylation is 1. The molecule has 2 unspecified atom stereocenters. The molecule has 2 rings (SSSR count). The summed E-state index contributed by atoms with van der Waals surface area (Å²) in [4.78, 5) is 14.0. The molecule has 4 heteroatoms. The monoisotopic (exact) mass is 290 g/mol. The van der Waals surface area contributed by atoms with Crippen LogP contribution in [-0.4, -0.2) is 43.2 Å². The van der Waals surface area contributed by atoms with E-state index in [4.69, 9.17) is 10.5 Å². The van der Waals surface area contributed by atoms with Gasteiger partial charge in [0.05, 0.1) is 6.10 Å². The van der Waals surface area contributed by atoms with Gasteiger partial charge < -0.3 is 15.4 Å². The third-order valence-corrected chi connectivity index (χ3v) is 4.07. The Hall–Kier alpha value is -1.39. The molecule has 1 saturated heterocycles. The van der Waals surface area contributed by atoms with Crippen molar-refractivity contribution in [2.45, 2.75) is 44.3 Å². The highest BCUT2D eigenvalue weighted by Crippen LogP contribution is 2.20. The normalized spacial score (nSPS) is 21.4. The second kappa shape index (κ2) is 8.15. The maximum absolute atomic E-state index is 12.2. The van der Waals surface area contributed by atoms with Crippen LogP contribution in [0.25, 0.3) is 0 Å². The summed E-state index contributed by atoms with van der Waals surface area (Å²) < 4.78 is 5.65. The summed E-state index contributed by atoms with van der Waals surface area (Å²) >= 11 is 0. The van der Waals surface area contributed by atoms with Crippen molar-refractivity contribution in [3.63, 3.8) is 0 Å². The molecule has 21 heavy (non-hydrogen) atoms. The van der Waals surface area contributed by atoms with Crippen molar-refractivity contribution >= 4 is 5.91 Å². The van der Waals surface area contributed by atoms with E-state index in [1.54, 1.807) is 4.90 Å². The average molecular weight is 290 g/mol. The van der Waals surface area contributed by atoms with Crippen molar-refractivity contribution in [3.05, 3.63) is 35.9 Å². The summed E-state index contributed by atoms with van der Waals surface area (Å²) in [5.74, 6) is 0.102. The second-order valence-electron chi connectivity index (χ2n) is 5.76. The van der Waals surface area contributed by atoms with Crippen molar-refractivity contribution in [3.8, 4) is 0 Å². The molecule has 0 aliphatic carbocycles. The number of nitrogens with two attached hydrogens (primary N) is 1. The molecule has 1 heterocycles. The minimum Gasteiger partial charge on any atom is -0.364 e. The van der Waals surface area contributed by atoms with Crippen LogP contribution in [0, 0.1) is 0 Å². The molecule has 0 saturated carbocycles. The van der Waals surface area contributed by atoms with Crippen LogP contribution >= 0.6 is 0 Å². The third-order valence-electron chi connectivity index (χ3n) is 4.07. The van der Waals surface area contributed by atoms with Crippen LogP contribution in [0.5, 0.6) is 0 Å². The number of likely N-dealkylation sites (N-methyl/N-ethyl adjacent to an activating group) is 1. The van der Waals surface area contributed by atoms with Gasteiger partial charge in [-0.1, -0.05) is 30.3 Å². The third kappa shape index (κ3) is 4.83. The van der Waals surface area contributed by atoms with E-state index in [0.717, 1.165) is 38.6 Å². The minimum absolute atomic E-state index is 0.0606. The molecule has 1 amide bonds. The number of amides is 1. The molecule has 4 nitrogen and oxygen atoms in total. The topological polar surface area (TPSA) is 55.6 Å². The molecule has 2 atom stereocenters. The lowest BCUT2D eigenvalue weighted by Gasteiger charge is -2.21. The van der Waals surface area contributed by atoms with Gasteiger partial charge in [0.15, 0.2) is 0 Å². The molecule has 0 bridgehead atoms. The Morgan fingerprint density at radius 1 is 1.29 bits per heavy atom. The van der Waals surface area contributed by atoms with Crippen LogP contribution in [0.3, 0.4) is 0 Å². The number of benzene rings is 1. The van der Waals surface area contributed by atoms with E-state index < -0.39 is 0 Å². The summed E-state index contributed by atoms with van der Waals surface area (Å²) in [6.07, 6.45) is 4.66. The largest absolute Gasteiger partial charge is 0.364 e. The Kier molecular flexibility index (Phi) is 6.21. The summed E-state index contributed by atoms with van der Waals surface area (Å²) in [6, 6.07) is 10.5. The zero-order valence-electron chi connectivity index (χ0n) is 12.8. The van der Waals surface area contributed by atoms with E-state index in [1.165, 1.54) is 5.56 Å². The SMILES string of the molecule is CN(CCCCc1ccccc1)C(=O)C1CCC(CN)O1. The molecular formula is C17H26N2O2. The average Bonchev–Trinajstić information content (AvgIpc) is 3.00. The Morgan fingerprint density at radius 3 is 2.71 bits per heavy atom. The molecule has 116 valence electrons. The Bertz CT molecular complexity index is 436. The maximum atomic E-state index is 12.2. The van der Waals surface area contributed by atoms with Crippen LogP contribution in [0.15, 0.2) is 30.3 Å². The van der Waals surface area contributed by atoms with Gasteiger partial charge in [-0.2, -0.15) is 0 Å². The van der Waals surface area contributed by atoms with E-state index in [-0.39, 0.29) is 18.1 Å². The van der Waals surface area contributed by atoms with Crippen molar-refractivity contribution in [2.75, 3.05) is 20.1 Å². The molecule has 1 aromatic rings. The second-order valence-corrected chi connectivity index (χ2v) is 5.76. The maximum Gasteiger partial charge on any atom is 0.251 e. The summed E-state index contributed by atoms with van der Waals surface area (Å²) in [6.45, 7) is 1.30.